The number of amides is 1. The van der Waals surface area contributed by atoms with Gasteiger partial charge in [0.05, 0.1) is 12.6 Å². The molecule has 0 fully saturated rings. The second-order valence-corrected chi connectivity index (χ2v) is 5.27. The third kappa shape index (κ3) is 4.66. The first kappa shape index (κ1) is 16.2. The first-order valence-electron chi connectivity index (χ1n) is 7.26. The molecular weight excluding hydrogens is 283 g/mol. The zero-order valence-electron chi connectivity index (χ0n) is 12.9. The van der Waals surface area contributed by atoms with Crippen molar-refractivity contribution in [3.8, 4) is 0 Å². The Morgan fingerprint density at radius 3 is 2.95 bits per heavy atom. The summed E-state index contributed by atoms with van der Waals surface area (Å²) in [5.74, 6) is -0.312. The Morgan fingerprint density at radius 2 is 2.27 bits per heavy atom. The van der Waals surface area contributed by atoms with Crippen LogP contribution in [-0.2, 0) is 17.9 Å². The Hall–Kier alpha value is -2.21. The second-order valence-electron chi connectivity index (χ2n) is 5.27. The van der Waals surface area contributed by atoms with Gasteiger partial charge < -0.3 is 10.2 Å². The number of rotatable bonds is 7. The predicted molar refractivity (Wildman–Crippen MR) is 82.6 cm³/mol. The molecule has 0 saturated heterocycles. The van der Waals surface area contributed by atoms with Gasteiger partial charge in [-0.05, 0) is 30.7 Å². The third-order valence-corrected chi connectivity index (χ3v) is 3.41. The normalized spacial score (nSPS) is 12.1. The Kier molecular flexibility index (Phi) is 5.66. The molecule has 0 aliphatic rings. The molecule has 1 atom stereocenters. The van der Waals surface area contributed by atoms with Crippen molar-refractivity contribution < 1.29 is 9.18 Å². The summed E-state index contributed by atoms with van der Waals surface area (Å²) in [4.78, 5) is 13.9. The van der Waals surface area contributed by atoms with Crippen molar-refractivity contribution in [2.24, 2.45) is 0 Å². The van der Waals surface area contributed by atoms with E-state index in [0.717, 1.165) is 5.56 Å². The van der Waals surface area contributed by atoms with Gasteiger partial charge in [0.1, 0.15) is 5.82 Å². The molecule has 1 N–H and O–H groups in total. The maximum Gasteiger partial charge on any atom is 0.239 e. The zero-order valence-corrected chi connectivity index (χ0v) is 12.9. The molecule has 1 unspecified atom stereocenters. The number of benzene rings is 1. The van der Waals surface area contributed by atoms with Crippen LogP contribution in [0, 0.1) is 5.82 Å². The number of hydrogen-bond donors (Lipinski definition) is 1. The first-order chi connectivity index (χ1) is 10.6. The van der Waals surface area contributed by atoms with Crippen LogP contribution in [-0.4, -0.2) is 40.2 Å². The molecule has 2 rings (SSSR count). The molecule has 0 spiro atoms. The average Bonchev–Trinajstić information content (AvgIpc) is 2.99. The fourth-order valence-electron chi connectivity index (χ4n) is 2.23. The second kappa shape index (κ2) is 7.70. The van der Waals surface area contributed by atoms with E-state index in [1.165, 1.54) is 12.1 Å². The van der Waals surface area contributed by atoms with Crippen LogP contribution in [0.4, 0.5) is 4.39 Å². The largest absolute Gasteiger partial charge is 0.340 e. The standard InChI is InChI=1S/C16H21FN4O/c1-13(18-8-10-21-9-4-7-19-21)16(22)20(2)12-14-5-3-6-15(17)11-14/h3-7,9,11,13,18H,8,10,12H2,1-2H3. The van der Waals surface area contributed by atoms with Crippen LogP contribution in [0.3, 0.4) is 0 Å². The summed E-state index contributed by atoms with van der Waals surface area (Å²) >= 11 is 0. The number of aromatic nitrogens is 2. The zero-order chi connectivity index (χ0) is 15.9. The van der Waals surface area contributed by atoms with Crippen LogP contribution in [0.2, 0.25) is 0 Å². The molecule has 6 heteroatoms. The van der Waals surface area contributed by atoms with Crippen LogP contribution < -0.4 is 5.32 Å². The molecule has 1 heterocycles. The van der Waals surface area contributed by atoms with E-state index in [0.29, 0.717) is 19.6 Å². The van der Waals surface area contributed by atoms with E-state index in [9.17, 15) is 9.18 Å². The molecule has 0 radical (unpaired) electrons. The Bertz CT molecular complexity index is 600. The molecule has 1 amide bonds. The SMILES string of the molecule is CC(NCCn1cccn1)C(=O)N(C)Cc1cccc(F)c1. The number of carbonyl (C=O) groups excluding carboxylic acids is 1. The van der Waals surface area contributed by atoms with Gasteiger partial charge in [-0.3, -0.25) is 9.48 Å². The van der Waals surface area contributed by atoms with Gasteiger partial charge in [-0.15, -0.1) is 0 Å². The third-order valence-electron chi connectivity index (χ3n) is 3.41. The first-order valence-corrected chi connectivity index (χ1v) is 7.26. The summed E-state index contributed by atoms with van der Waals surface area (Å²) in [5.41, 5.74) is 0.777. The number of carbonyl (C=O) groups is 1. The van der Waals surface area contributed by atoms with Crippen LogP contribution >= 0.6 is 0 Å². The number of nitrogens with one attached hydrogen (secondary N) is 1. The van der Waals surface area contributed by atoms with Gasteiger partial charge in [0.2, 0.25) is 5.91 Å². The van der Waals surface area contributed by atoms with Crippen molar-refractivity contribution in [3.05, 3.63) is 54.1 Å². The predicted octanol–water partition coefficient (Wildman–Crippen LogP) is 1.66. The van der Waals surface area contributed by atoms with Crippen LogP contribution in [0.25, 0.3) is 0 Å². The summed E-state index contributed by atoms with van der Waals surface area (Å²) < 4.78 is 15.0. The number of halogens is 1. The Labute approximate surface area is 129 Å². The van der Waals surface area contributed by atoms with Crippen LogP contribution in [0.5, 0.6) is 0 Å². The molecule has 1 aromatic heterocycles. The minimum Gasteiger partial charge on any atom is -0.340 e. The Morgan fingerprint density at radius 1 is 1.45 bits per heavy atom. The lowest BCUT2D eigenvalue weighted by atomic mass is 10.2. The van der Waals surface area contributed by atoms with Crippen LogP contribution in [0.1, 0.15) is 12.5 Å². The molecule has 0 saturated carbocycles. The molecule has 5 nitrogen and oxygen atoms in total. The topological polar surface area (TPSA) is 50.2 Å². The fraction of sp³-hybridized carbons (Fsp3) is 0.375. The maximum atomic E-state index is 13.2. The molecule has 118 valence electrons. The molecule has 2 aromatic rings. The monoisotopic (exact) mass is 304 g/mol. The number of nitrogens with zero attached hydrogens (tertiary/aromatic N) is 3. The highest BCUT2D eigenvalue weighted by atomic mass is 19.1. The smallest absolute Gasteiger partial charge is 0.239 e. The van der Waals surface area contributed by atoms with Crippen molar-refractivity contribution in [2.45, 2.75) is 26.1 Å². The summed E-state index contributed by atoms with van der Waals surface area (Å²) in [5, 5.41) is 7.28. The molecule has 22 heavy (non-hydrogen) atoms. The van der Waals surface area contributed by atoms with E-state index in [2.05, 4.69) is 10.4 Å². The van der Waals surface area contributed by atoms with E-state index in [1.54, 1.807) is 28.9 Å². The van der Waals surface area contributed by atoms with E-state index in [-0.39, 0.29) is 17.8 Å². The minimum atomic E-state index is -0.297. The molecule has 0 aliphatic carbocycles. The average molecular weight is 304 g/mol. The lowest BCUT2D eigenvalue weighted by Crippen LogP contribution is -2.43. The lowest BCUT2D eigenvalue weighted by Gasteiger charge is -2.22. The molecular formula is C16H21FN4O. The van der Waals surface area contributed by atoms with Crippen molar-refractivity contribution in [1.29, 1.82) is 0 Å². The van der Waals surface area contributed by atoms with Crippen LogP contribution in [0.15, 0.2) is 42.7 Å². The lowest BCUT2D eigenvalue weighted by molar-refractivity contribution is -0.132. The highest BCUT2D eigenvalue weighted by Crippen LogP contribution is 2.07. The van der Waals surface area contributed by atoms with Crippen molar-refractivity contribution in [3.63, 3.8) is 0 Å². The van der Waals surface area contributed by atoms with E-state index in [4.69, 9.17) is 0 Å². The number of likely N-dealkylation sites (N-methyl/N-ethyl adjacent to an activating group) is 1. The highest BCUT2D eigenvalue weighted by Gasteiger charge is 2.17. The maximum absolute atomic E-state index is 13.2. The van der Waals surface area contributed by atoms with Crippen molar-refractivity contribution in [2.75, 3.05) is 13.6 Å². The van der Waals surface area contributed by atoms with Gasteiger partial charge in [0.15, 0.2) is 0 Å². The highest BCUT2D eigenvalue weighted by molar-refractivity contribution is 5.81. The summed E-state index contributed by atoms with van der Waals surface area (Å²) in [6.45, 7) is 3.58. The van der Waals surface area contributed by atoms with Gasteiger partial charge in [0.25, 0.3) is 0 Å². The van der Waals surface area contributed by atoms with Gasteiger partial charge in [-0.1, -0.05) is 12.1 Å². The Balaban J connectivity index is 1.79. The molecule has 0 aliphatic heterocycles. The van der Waals surface area contributed by atoms with E-state index < -0.39 is 0 Å². The summed E-state index contributed by atoms with van der Waals surface area (Å²) in [6, 6.07) is 7.86. The van der Waals surface area contributed by atoms with Crippen molar-refractivity contribution >= 4 is 5.91 Å². The van der Waals surface area contributed by atoms with Crippen molar-refractivity contribution in [1.82, 2.24) is 20.0 Å². The summed E-state index contributed by atoms with van der Waals surface area (Å²) in [6.07, 6.45) is 3.60. The van der Waals surface area contributed by atoms with Gasteiger partial charge in [0, 0.05) is 32.5 Å². The quantitative estimate of drug-likeness (QED) is 0.846. The summed E-state index contributed by atoms with van der Waals surface area (Å²) in [7, 11) is 1.72. The molecule has 1 aromatic carbocycles. The van der Waals surface area contributed by atoms with Gasteiger partial charge >= 0.3 is 0 Å². The minimum absolute atomic E-state index is 0.0234. The van der Waals surface area contributed by atoms with E-state index in [1.807, 2.05) is 25.3 Å². The van der Waals surface area contributed by atoms with E-state index >= 15 is 0 Å². The van der Waals surface area contributed by atoms with Gasteiger partial charge in [-0.2, -0.15) is 5.10 Å². The number of hydrogen-bond acceptors (Lipinski definition) is 3. The van der Waals surface area contributed by atoms with Gasteiger partial charge in [-0.25, -0.2) is 4.39 Å². The molecule has 0 bridgehead atoms. The fourth-order valence-corrected chi connectivity index (χ4v) is 2.23.